The van der Waals surface area contributed by atoms with Gasteiger partial charge in [-0.05, 0) is 77.4 Å². The largest absolute Gasteiger partial charge is 0.494 e. The predicted octanol–water partition coefficient (Wildman–Crippen LogP) is 4.24. The molecule has 0 saturated carbocycles. The van der Waals surface area contributed by atoms with E-state index < -0.39 is 11.2 Å². The number of aliphatic hydroxyl groups is 1. The van der Waals surface area contributed by atoms with Crippen molar-refractivity contribution in [3.63, 3.8) is 0 Å². The molecule has 1 saturated heterocycles. The molecule has 36 heavy (non-hydrogen) atoms. The van der Waals surface area contributed by atoms with Crippen LogP contribution in [0.2, 0.25) is 0 Å². The minimum atomic E-state index is -0.938. The average molecular weight is 486 g/mol. The fourth-order valence-corrected chi connectivity index (χ4v) is 4.52. The number of ether oxygens (including phenoxy) is 1. The third kappa shape index (κ3) is 4.26. The fourth-order valence-electron chi connectivity index (χ4n) is 4.52. The minimum absolute atomic E-state index is 0.371. The highest BCUT2D eigenvalue weighted by molar-refractivity contribution is 6.62. The molecule has 0 atom stereocenters. The summed E-state index contributed by atoms with van der Waals surface area (Å²) in [7, 11) is 0.0374. The van der Waals surface area contributed by atoms with Crippen molar-refractivity contribution in [1.82, 2.24) is 0 Å². The van der Waals surface area contributed by atoms with Gasteiger partial charge in [-0.2, -0.15) is 0 Å². The van der Waals surface area contributed by atoms with E-state index >= 15 is 0 Å². The molecule has 0 aliphatic carbocycles. The molecule has 2 aliphatic rings. The van der Waals surface area contributed by atoms with Gasteiger partial charge in [-0.1, -0.05) is 54.0 Å². The molecule has 0 bridgehead atoms. The van der Waals surface area contributed by atoms with Crippen LogP contribution in [0, 0.1) is 0 Å². The lowest BCUT2D eigenvalue weighted by atomic mass is 9.77. The molecule has 0 aromatic heterocycles. The van der Waals surface area contributed by atoms with Gasteiger partial charge < -0.3 is 23.8 Å². The maximum absolute atomic E-state index is 10.4. The van der Waals surface area contributed by atoms with E-state index in [-0.39, 0.29) is 18.3 Å². The van der Waals surface area contributed by atoms with E-state index in [0.29, 0.717) is 14.1 Å². The van der Waals surface area contributed by atoms with Gasteiger partial charge in [0.15, 0.2) is 0 Å². The summed E-state index contributed by atoms with van der Waals surface area (Å²) in [5.74, 6) is 0.910. The second kappa shape index (κ2) is 8.35. The first kappa shape index (κ1) is 25.3. The standard InChI is InChI=1S/C29H36B2O5/c1-26(2,32)27(3,4)34-30-20-10-13-23-18(15-20)9-12-24-22-14-11-21(16-19(22)17-33-25(23)24)31-35-28(5,6)29(7,8)36-31/h9-16,30,32H,17H2,1-8H3. The van der Waals surface area contributed by atoms with Crippen LogP contribution in [0.5, 0.6) is 5.75 Å². The summed E-state index contributed by atoms with van der Waals surface area (Å²) in [6.07, 6.45) is 0. The van der Waals surface area contributed by atoms with Crippen LogP contribution in [0.15, 0.2) is 48.5 Å². The highest BCUT2D eigenvalue weighted by Crippen LogP contribution is 2.42. The Bertz CT molecular complexity index is 1310. The molecule has 7 heteroatoms. The van der Waals surface area contributed by atoms with Gasteiger partial charge in [-0.15, -0.1) is 0 Å². The molecule has 3 aromatic carbocycles. The molecule has 1 fully saturated rings. The summed E-state index contributed by atoms with van der Waals surface area (Å²) < 4.78 is 24.9. The monoisotopic (exact) mass is 486 g/mol. The maximum Gasteiger partial charge on any atom is 0.494 e. The van der Waals surface area contributed by atoms with Crippen molar-refractivity contribution in [2.45, 2.75) is 84.4 Å². The zero-order chi connectivity index (χ0) is 26.1. The molecule has 1 N–H and O–H groups in total. The van der Waals surface area contributed by atoms with E-state index in [2.05, 4.69) is 76.2 Å². The van der Waals surface area contributed by atoms with Crippen molar-refractivity contribution in [1.29, 1.82) is 0 Å². The Labute approximate surface area is 215 Å². The summed E-state index contributed by atoms with van der Waals surface area (Å²) in [4.78, 5) is 0. The summed E-state index contributed by atoms with van der Waals surface area (Å²) in [6, 6.07) is 17.0. The first-order valence-corrected chi connectivity index (χ1v) is 12.7. The molecule has 0 radical (unpaired) electrons. The highest BCUT2D eigenvalue weighted by Gasteiger charge is 2.51. The van der Waals surface area contributed by atoms with Crippen LogP contribution < -0.4 is 15.7 Å². The number of fused-ring (bicyclic) bond motifs is 5. The van der Waals surface area contributed by atoms with Crippen LogP contribution in [0.3, 0.4) is 0 Å². The predicted molar refractivity (Wildman–Crippen MR) is 148 cm³/mol. The Hall–Kier alpha value is -2.31. The Kier molecular flexibility index (Phi) is 5.88. The minimum Gasteiger partial charge on any atom is -0.488 e. The maximum atomic E-state index is 10.4. The smallest absolute Gasteiger partial charge is 0.488 e. The van der Waals surface area contributed by atoms with Crippen LogP contribution in [0.1, 0.15) is 61.0 Å². The lowest BCUT2D eigenvalue weighted by Gasteiger charge is -2.37. The van der Waals surface area contributed by atoms with Gasteiger partial charge in [0.2, 0.25) is 0 Å². The Morgan fingerprint density at radius 3 is 2.22 bits per heavy atom. The van der Waals surface area contributed by atoms with E-state index in [1.165, 1.54) is 5.56 Å². The van der Waals surface area contributed by atoms with Gasteiger partial charge >= 0.3 is 14.6 Å². The summed E-state index contributed by atoms with van der Waals surface area (Å²) in [5, 5.41) is 12.6. The van der Waals surface area contributed by atoms with Gasteiger partial charge in [-0.3, -0.25) is 0 Å². The molecule has 0 amide bonds. The Balaban J connectivity index is 1.41. The summed E-state index contributed by atoms with van der Waals surface area (Å²) in [5.41, 5.74) is 3.13. The third-order valence-electron chi connectivity index (χ3n) is 8.42. The molecule has 188 valence electrons. The van der Waals surface area contributed by atoms with Gasteiger partial charge in [0.25, 0.3) is 0 Å². The van der Waals surface area contributed by atoms with Crippen LogP contribution >= 0.6 is 0 Å². The second-order valence-corrected chi connectivity index (χ2v) is 12.1. The Morgan fingerprint density at radius 2 is 1.56 bits per heavy atom. The van der Waals surface area contributed by atoms with E-state index in [0.717, 1.165) is 38.6 Å². The lowest BCUT2D eigenvalue weighted by Crippen LogP contribution is -2.49. The highest BCUT2D eigenvalue weighted by atomic mass is 16.7. The first-order valence-electron chi connectivity index (χ1n) is 12.7. The molecular weight excluding hydrogens is 450 g/mol. The molecule has 2 heterocycles. The lowest BCUT2D eigenvalue weighted by molar-refractivity contribution is -0.0893. The van der Waals surface area contributed by atoms with Crippen molar-refractivity contribution in [2.24, 2.45) is 0 Å². The van der Waals surface area contributed by atoms with Gasteiger partial charge in [-0.25, -0.2) is 0 Å². The van der Waals surface area contributed by atoms with Crippen molar-refractivity contribution < 1.29 is 23.8 Å². The molecule has 0 unspecified atom stereocenters. The van der Waals surface area contributed by atoms with Crippen molar-refractivity contribution in [3.05, 3.63) is 54.1 Å². The van der Waals surface area contributed by atoms with E-state index in [1.54, 1.807) is 13.8 Å². The summed E-state index contributed by atoms with van der Waals surface area (Å²) in [6.45, 7) is 16.1. The zero-order valence-corrected chi connectivity index (χ0v) is 22.7. The fraction of sp³-hybridized carbons (Fsp3) is 0.448. The molecule has 5 nitrogen and oxygen atoms in total. The van der Waals surface area contributed by atoms with Gasteiger partial charge in [0.1, 0.15) is 12.4 Å². The molecule has 0 spiro atoms. The number of hydrogen-bond donors (Lipinski definition) is 1. The number of hydrogen-bond acceptors (Lipinski definition) is 5. The summed E-state index contributed by atoms with van der Waals surface area (Å²) >= 11 is 0. The Morgan fingerprint density at radius 1 is 0.889 bits per heavy atom. The molecular formula is C29H36B2O5. The van der Waals surface area contributed by atoms with E-state index in [4.69, 9.17) is 18.7 Å². The van der Waals surface area contributed by atoms with Gasteiger partial charge in [0.05, 0.1) is 22.4 Å². The van der Waals surface area contributed by atoms with Crippen molar-refractivity contribution in [2.75, 3.05) is 0 Å². The van der Waals surface area contributed by atoms with Gasteiger partial charge in [0, 0.05) is 10.9 Å². The van der Waals surface area contributed by atoms with Crippen molar-refractivity contribution in [3.8, 4) is 16.9 Å². The normalized spacial score (nSPS) is 18.5. The van der Waals surface area contributed by atoms with Crippen LogP contribution in [-0.2, 0) is 20.6 Å². The molecule has 2 aliphatic heterocycles. The van der Waals surface area contributed by atoms with E-state index in [1.807, 2.05) is 13.8 Å². The SMILES string of the molecule is CC(C)(O)C(C)(C)OBc1ccc2c3c(ccc2c1)-c1ccc(B2OC(C)(C)C(C)(C)O2)cc1CO3. The topological polar surface area (TPSA) is 57.2 Å². The number of rotatable bonds is 5. The van der Waals surface area contributed by atoms with Crippen LogP contribution in [0.25, 0.3) is 21.9 Å². The first-order chi connectivity index (χ1) is 16.7. The molecule has 3 aromatic rings. The zero-order valence-electron chi connectivity index (χ0n) is 22.7. The van der Waals surface area contributed by atoms with Crippen molar-refractivity contribution >= 4 is 36.3 Å². The second-order valence-electron chi connectivity index (χ2n) is 12.1. The molecule has 5 rings (SSSR count). The number of benzene rings is 3. The average Bonchev–Trinajstić information content (AvgIpc) is 3.02. The van der Waals surface area contributed by atoms with Crippen LogP contribution in [0.4, 0.5) is 0 Å². The third-order valence-corrected chi connectivity index (χ3v) is 8.42. The van der Waals surface area contributed by atoms with E-state index in [9.17, 15) is 5.11 Å². The van der Waals surface area contributed by atoms with Crippen LogP contribution in [-0.4, -0.2) is 42.1 Å². The quantitative estimate of drug-likeness (QED) is 0.547.